The summed E-state index contributed by atoms with van der Waals surface area (Å²) in [6.45, 7) is 1.35. The van der Waals surface area contributed by atoms with E-state index in [-0.39, 0.29) is 18.8 Å². The minimum atomic E-state index is -0.0807. The summed E-state index contributed by atoms with van der Waals surface area (Å²) in [5.74, 6) is 1.83. The average molecular weight is 347 g/mol. The second-order valence-corrected chi connectivity index (χ2v) is 6.06. The van der Waals surface area contributed by atoms with E-state index in [1.54, 1.807) is 41.6 Å². The summed E-state index contributed by atoms with van der Waals surface area (Å²) in [6, 6.07) is 6.96. The third-order valence-electron chi connectivity index (χ3n) is 4.08. The van der Waals surface area contributed by atoms with E-state index in [2.05, 4.69) is 4.98 Å². The highest BCUT2D eigenvalue weighted by Crippen LogP contribution is 2.33. The van der Waals surface area contributed by atoms with Gasteiger partial charge in [-0.1, -0.05) is 11.6 Å². The molecular weight excluding hydrogens is 332 g/mol. The Morgan fingerprint density at radius 2 is 2.17 bits per heavy atom. The van der Waals surface area contributed by atoms with Crippen LogP contribution in [0.4, 0.5) is 0 Å². The molecule has 0 aliphatic carbocycles. The van der Waals surface area contributed by atoms with Crippen LogP contribution in [0.25, 0.3) is 0 Å². The number of likely N-dealkylation sites (tertiary alicyclic amines) is 1. The predicted octanol–water partition coefficient (Wildman–Crippen LogP) is 2.76. The lowest BCUT2D eigenvalue weighted by molar-refractivity contribution is 0.0772. The number of hydrogen-bond acceptors (Lipinski definition) is 5. The third kappa shape index (κ3) is 2.85. The number of halogens is 1. The Labute approximate surface area is 143 Å². The molecule has 1 fully saturated rings. The van der Waals surface area contributed by atoms with Crippen LogP contribution >= 0.6 is 11.6 Å². The number of pyridine rings is 1. The van der Waals surface area contributed by atoms with Gasteiger partial charge in [0.2, 0.25) is 6.79 Å². The van der Waals surface area contributed by atoms with Crippen LogP contribution in [0.5, 0.6) is 17.2 Å². The van der Waals surface area contributed by atoms with Crippen molar-refractivity contribution in [1.29, 1.82) is 0 Å². The van der Waals surface area contributed by atoms with Gasteiger partial charge in [-0.2, -0.15) is 0 Å². The van der Waals surface area contributed by atoms with Gasteiger partial charge < -0.3 is 19.1 Å². The van der Waals surface area contributed by atoms with Crippen molar-refractivity contribution in [3.63, 3.8) is 0 Å². The van der Waals surface area contributed by atoms with Gasteiger partial charge >= 0.3 is 0 Å². The van der Waals surface area contributed by atoms with E-state index in [0.717, 1.165) is 6.42 Å². The standard InChI is InChI=1S/C17H15ClN2O4/c18-13-8-19-5-3-14(13)24-12-4-6-20(9-12)17(21)11-1-2-15-16(7-11)23-10-22-15/h1-3,5,7-8,12H,4,6,9-10H2/t12-/m0/s1. The maximum absolute atomic E-state index is 12.6. The van der Waals surface area contributed by atoms with Crippen LogP contribution in [0.2, 0.25) is 5.02 Å². The summed E-state index contributed by atoms with van der Waals surface area (Å²) in [5, 5.41) is 0.470. The molecule has 0 bridgehead atoms. The summed E-state index contributed by atoms with van der Waals surface area (Å²) >= 11 is 6.06. The molecular formula is C17H15ClN2O4. The van der Waals surface area contributed by atoms with E-state index in [1.807, 2.05) is 0 Å². The maximum atomic E-state index is 12.6. The highest BCUT2D eigenvalue weighted by atomic mass is 35.5. The second-order valence-electron chi connectivity index (χ2n) is 5.65. The van der Waals surface area contributed by atoms with Gasteiger partial charge in [-0.25, -0.2) is 0 Å². The zero-order valence-electron chi connectivity index (χ0n) is 12.8. The Hall–Kier alpha value is -2.47. The molecule has 4 rings (SSSR count). The lowest BCUT2D eigenvalue weighted by atomic mass is 10.2. The third-order valence-corrected chi connectivity index (χ3v) is 4.36. The van der Waals surface area contributed by atoms with Gasteiger partial charge in [-0.3, -0.25) is 9.78 Å². The monoisotopic (exact) mass is 346 g/mol. The minimum Gasteiger partial charge on any atom is -0.487 e. The van der Waals surface area contributed by atoms with Gasteiger partial charge in [0.25, 0.3) is 5.91 Å². The fourth-order valence-electron chi connectivity index (χ4n) is 2.86. The molecule has 7 heteroatoms. The van der Waals surface area contributed by atoms with Crippen molar-refractivity contribution in [2.24, 2.45) is 0 Å². The van der Waals surface area contributed by atoms with Crippen molar-refractivity contribution >= 4 is 17.5 Å². The van der Waals surface area contributed by atoms with Crippen molar-refractivity contribution < 1.29 is 19.0 Å². The first-order valence-corrected chi connectivity index (χ1v) is 8.03. The number of aromatic nitrogens is 1. The molecule has 0 N–H and O–H groups in total. The lowest BCUT2D eigenvalue weighted by Crippen LogP contribution is -2.30. The van der Waals surface area contributed by atoms with Crippen LogP contribution in [0, 0.1) is 0 Å². The fourth-order valence-corrected chi connectivity index (χ4v) is 3.02. The van der Waals surface area contributed by atoms with Gasteiger partial charge in [-0.05, 0) is 18.2 Å². The highest BCUT2D eigenvalue weighted by molar-refractivity contribution is 6.31. The van der Waals surface area contributed by atoms with Crippen molar-refractivity contribution in [3.05, 3.63) is 47.2 Å². The predicted molar refractivity (Wildman–Crippen MR) is 86.7 cm³/mol. The summed E-state index contributed by atoms with van der Waals surface area (Å²) in [5.41, 5.74) is 0.585. The zero-order chi connectivity index (χ0) is 16.5. The van der Waals surface area contributed by atoms with Crippen molar-refractivity contribution in [2.45, 2.75) is 12.5 Å². The number of nitrogens with zero attached hydrogens (tertiary/aromatic N) is 2. The molecule has 0 saturated carbocycles. The SMILES string of the molecule is O=C(c1ccc2c(c1)OCO2)N1CC[C@H](Oc2ccncc2Cl)C1. The van der Waals surface area contributed by atoms with Gasteiger partial charge in [0.1, 0.15) is 16.9 Å². The van der Waals surface area contributed by atoms with Gasteiger partial charge in [0.05, 0.1) is 6.54 Å². The van der Waals surface area contributed by atoms with Crippen molar-refractivity contribution in [3.8, 4) is 17.2 Å². The molecule has 1 saturated heterocycles. The van der Waals surface area contributed by atoms with Crippen LogP contribution in [0.1, 0.15) is 16.8 Å². The molecule has 1 amide bonds. The minimum absolute atomic E-state index is 0.0415. The summed E-state index contributed by atoms with van der Waals surface area (Å²) in [7, 11) is 0. The van der Waals surface area contributed by atoms with Crippen LogP contribution in [0.3, 0.4) is 0 Å². The van der Waals surface area contributed by atoms with Crippen LogP contribution in [0.15, 0.2) is 36.7 Å². The van der Waals surface area contributed by atoms with E-state index in [1.165, 1.54) is 0 Å². The van der Waals surface area contributed by atoms with Gasteiger partial charge in [0.15, 0.2) is 11.5 Å². The summed E-state index contributed by atoms with van der Waals surface area (Å²) < 4.78 is 16.5. The molecule has 2 aliphatic rings. The molecule has 2 aliphatic heterocycles. The lowest BCUT2D eigenvalue weighted by Gasteiger charge is -2.18. The van der Waals surface area contributed by atoms with Crippen LogP contribution in [-0.4, -0.2) is 41.8 Å². The number of ether oxygens (including phenoxy) is 3. The average Bonchev–Trinajstić information content (AvgIpc) is 3.24. The van der Waals surface area contributed by atoms with E-state index >= 15 is 0 Å². The number of hydrogen-bond donors (Lipinski definition) is 0. The summed E-state index contributed by atoms with van der Waals surface area (Å²) in [6.07, 6.45) is 3.85. The molecule has 124 valence electrons. The zero-order valence-corrected chi connectivity index (χ0v) is 13.5. The maximum Gasteiger partial charge on any atom is 0.254 e. The van der Waals surface area contributed by atoms with Crippen LogP contribution in [-0.2, 0) is 0 Å². The molecule has 1 aromatic carbocycles. The van der Waals surface area contributed by atoms with Gasteiger partial charge in [0, 0.05) is 37.0 Å². The Bertz CT molecular complexity index is 783. The number of carbonyl (C=O) groups is 1. The van der Waals surface area contributed by atoms with Gasteiger partial charge in [-0.15, -0.1) is 0 Å². The molecule has 0 spiro atoms. The number of rotatable bonds is 3. The smallest absolute Gasteiger partial charge is 0.254 e. The van der Waals surface area contributed by atoms with E-state index in [4.69, 9.17) is 25.8 Å². The number of amides is 1. The molecule has 1 aromatic heterocycles. The molecule has 0 unspecified atom stereocenters. The molecule has 2 aromatic rings. The molecule has 1 atom stereocenters. The quantitative estimate of drug-likeness (QED) is 0.855. The molecule has 3 heterocycles. The summed E-state index contributed by atoms with van der Waals surface area (Å²) in [4.78, 5) is 18.4. The Morgan fingerprint density at radius 3 is 3.04 bits per heavy atom. The first-order valence-electron chi connectivity index (χ1n) is 7.66. The number of fused-ring (bicyclic) bond motifs is 1. The van der Waals surface area contributed by atoms with Crippen molar-refractivity contribution in [2.75, 3.05) is 19.9 Å². The Kier molecular flexibility index (Phi) is 3.90. The number of benzene rings is 1. The first kappa shape index (κ1) is 15.1. The van der Waals surface area contributed by atoms with E-state index in [0.29, 0.717) is 40.9 Å². The van der Waals surface area contributed by atoms with E-state index in [9.17, 15) is 4.79 Å². The largest absolute Gasteiger partial charge is 0.487 e. The number of carbonyl (C=O) groups excluding carboxylic acids is 1. The van der Waals surface area contributed by atoms with Crippen molar-refractivity contribution in [1.82, 2.24) is 9.88 Å². The Balaban J connectivity index is 1.43. The normalized spacial score (nSPS) is 18.7. The second kappa shape index (κ2) is 6.20. The molecule has 6 nitrogen and oxygen atoms in total. The first-order chi connectivity index (χ1) is 11.7. The topological polar surface area (TPSA) is 60.9 Å². The van der Waals surface area contributed by atoms with Crippen LogP contribution < -0.4 is 14.2 Å². The molecule has 24 heavy (non-hydrogen) atoms. The fraction of sp³-hybridized carbons (Fsp3) is 0.294. The molecule has 0 radical (unpaired) electrons. The Morgan fingerprint density at radius 1 is 1.29 bits per heavy atom. The van der Waals surface area contributed by atoms with E-state index < -0.39 is 0 Å². The highest BCUT2D eigenvalue weighted by Gasteiger charge is 2.29.